The Morgan fingerprint density at radius 2 is 1.92 bits per heavy atom. The number of nitrogens with zero attached hydrogens (tertiary/aromatic N) is 3. The molecule has 0 saturated heterocycles. The predicted octanol–water partition coefficient (Wildman–Crippen LogP) is 4.25. The van der Waals surface area contributed by atoms with Crippen molar-refractivity contribution in [1.82, 2.24) is 9.66 Å². The van der Waals surface area contributed by atoms with E-state index in [9.17, 15) is 4.39 Å². The van der Waals surface area contributed by atoms with Gasteiger partial charge in [-0.05, 0) is 30.3 Å². The third-order valence-corrected chi connectivity index (χ3v) is 4.86. The number of H-pyrrole nitrogens is 1. The van der Waals surface area contributed by atoms with E-state index in [0.29, 0.717) is 0 Å². The van der Waals surface area contributed by atoms with E-state index in [1.54, 1.807) is 23.9 Å². The fourth-order valence-electron chi connectivity index (χ4n) is 2.70. The van der Waals surface area contributed by atoms with Crippen LogP contribution in [0.4, 0.5) is 4.39 Å². The molecule has 6 heteroatoms. The van der Waals surface area contributed by atoms with Crippen LogP contribution < -0.4 is 4.80 Å². The lowest BCUT2D eigenvalue weighted by atomic mass is 10.2. The van der Waals surface area contributed by atoms with Gasteiger partial charge in [0.15, 0.2) is 0 Å². The SMILES string of the molecule is CN=c1scc(-c2ccc(F)cc2)n1N=Cc1c[nH]c2ccccc12. The van der Waals surface area contributed by atoms with E-state index in [1.165, 1.54) is 23.5 Å². The van der Waals surface area contributed by atoms with E-state index < -0.39 is 0 Å². The molecule has 0 bridgehead atoms. The van der Waals surface area contributed by atoms with Crippen molar-refractivity contribution in [2.45, 2.75) is 0 Å². The number of aromatic amines is 1. The largest absolute Gasteiger partial charge is 0.361 e. The van der Waals surface area contributed by atoms with Crippen LogP contribution in [-0.2, 0) is 0 Å². The summed E-state index contributed by atoms with van der Waals surface area (Å²) in [5.41, 5.74) is 3.84. The number of halogens is 1. The van der Waals surface area contributed by atoms with E-state index in [1.807, 2.05) is 36.0 Å². The highest BCUT2D eigenvalue weighted by atomic mass is 32.1. The summed E-state index contributed by atoms with van der Waals surface area (Å²) in [6.45, 7) is 0. The number of benzene rings is 2. The maximum absolute atomic E-state index is 13.2. The first-order chi connectivity index (χ1) is 12.3. The molecule has 0 aliphatic carbocycles. The van der Waals surface area contributed by atoms with Crippen LogP contribution in [0.3, 0.4) is 0 Å². The smallest absolute Gasteiger partial charge is 0.205 e. The summed E-state index contributed by atoms with van der Waals surface area (Å²) in [4.78, 5) is 8.29. The standard InChI is InChI=1S/C19H15FN4S/c1-21-19-24(18(12-25-19)13-6-8-15(20)9-7-13)23-11-14-10-22-17-5-3-2-4-16(14)17/h2-12,22H,1H3. The van der Waals surface area contributed by atoms with Crippen molar-refractivity contribution < 1.29 is 4.39 Å². The monoisotopic (exact) mass is 350 g/mol. The molecule has 0 spiro atoms. The minimum atomic E-state index is -0.256. The minimum Gasteiger partial charge on any atom is -0.361 e. The van der Waals surface area contributed by atoms with Crippen molar-refractivity contribution >= 4 is 28.5 Å². The number of hydrogen-bond acceptors (Lipinski definition) is 3. The molecule has 124 valence electrons. The molecule has 0 aliphatic rings. The summed E-state index contributed by atoms with van der Waals surface area (Å²) in [6.07, 6.45) is 3.74. The second-order valence-corrected chi connectivity index (χ2v) is 6.32. The Hall–Kier alpha value is -2.99. The van der Waals surface area contributed by atoms with E-state index in [4.69, 9.17) is 0 Å². The number of aromatic nitrogens is 2. The number of hydrogen-bond donors (Lipinski definition) is 1. The molecule has 4 aromatic rings. The van der Waals surface area contributed by atoms with E-state index in [2.05, 4.69) is 21.1 Å². The van der Waals surface area contributed by atoms with Gasteiger partial charge in [-0.2, -0.15) is 5.10 Å². The summed E-state index contributed by atoms with van der Waals surface area (Å²) in [6, 6.07) is 14.5. The molecule has 4 rings (SSSR count). The van der Waals surface area contributed by atoms with Crippen LogP contribution in [0.2, 0.25) is 0 Å². The van der Waals surface area contributed by atoms with Gasteiger partial charge in [0, 0.05) is 40.7 Å². The zero-order chi connectivity index (χ0) is 17.2. The van der Waals surface area contributed by atoms with E-state index >= 15 is 0 Å². The number of thiazole rings is 1. The molecule has 0 fully saturated rings. The third-order valence-electron chi connectivity index (χ3n) is 3.95. The number of rotatable bonds is 3. The second kappa shape index (κ2) is 6.49. The molecule has 0 saturated carbocycles. The first kappa shape index (κ1) is 15.5. The maximum atomic E-state index is 13.2. The van der Waals surface area contributed by atoms with Gasteiger partial charge in [0.25, 0.3) is 0 Å². The average molecular weight is 350 g/mol. The molecule has 2 heterocycles. The molecule has 0 atom stereocenters. The van der Waals surface area contributed by atoms with Crippen LogP contribution in [0, 0.1) is 5.82 Å². The van der Waals surface area contributed by atoms with Crippen LogP contribution in [-0.4, -0.2) is 22.9 Å². The molecule has 0 unspecified atom stereocenters. The van der Waals surface area contributed by atoms with Gasteiger partial charge < -0.3 is 4.98 Å². The molecule has 2 aromatic carbocycles. The van der Waals surface area contributed by atoms with Crippen molar-refractivity contribution in [1.29, 1.82) is 0 Å². The van der Waals surface area contributed by atoms with Gasteiger partial charge in [-0.15, -0.1) is 11.3 Å². The lowest BCUT2D eigenvalue weighted by molar-refractivity contribution is 0.628. The second-order valence-electron chi connectivity index (χ2n) is 5.48. The highest BCUT2D eigenvalue weighted by Gasteiger charge is 2.08. The molecule has 0 aliphatic heterocycles. The molecule has 4 nitrogen and oxygen atoms in total. The van der Waals surface area contributed by atoms with Crippen LogP contribution >= 0.6 is 11.3 Å². The molecule has 25 heavy (non-hydrogen) atoms. The fraction of sp³-hybridized carbons (Fsp3) is 0.0526. The van der Waals surface area contributed by atoms with E-state index in [0.717, 1.165) is 32.5 Å². The first-order valence-corrected chi connectivity index (χ1v) is 8.64. The average Bonchev–Trinajstić information content (AvgIpc) is 3.24. The lowest BCUT2D eigenvalue weighted by Crippen LogP contribution is -2.11. The Balaban J connectivity index is 1.80. The van der Waals surface area contributed by atoms with Crippen molar-refractivity contribution in [2.24, 2.45) is 10.1 Å². The Morgan fingerprint density at radius 1 is 1.12 bits per heavy atom. The summed E-state index contributed by atoms with van der Waals surface area (Å²) < 4.78 is 15.0. The van der Waals surface area contributed by atoms with Crippen LogP contribution in [0.15, 0.2) is 70.2 Å². The molecule has 0 amide bonds. The van der Waals surface area contributed by atoms with E-state index in [-0.39, 0.29) is 5.82 Å². The van der Waals surface area contributed by atoms with Gasteiger partial charge in [0.1, 0.15) is 5.82 Å². The number of nitrogens with one attached hydrogen (secondary N) is 1. The summed E-state index contributed by atoms with van der Waals surface area (Å²) in [5, 5.41) is 7.71. The Morgan fingerprint density at radius 3 is 2.72 bits per heavy atom. The lowest BCUT2D eigenvalue weighted by Gasteiger charge is -2.03. The van der Waals surface area contributed by atoms with Crippen molar-refractivity contribution in [3.8, 4) is 11.3 Å². The van der Waals surface area contributed by atoms with Crippen LogP contribution in [0.1, 0.15) is 5.56 Å². The van der Waals surface area contributed by atoms with Gasteiger partial charge in [0.05, 0.1) is 11.9 Å². The zero-order valence-corrected chi connectivity index (χ0v) is 14.3. The quantitative estimate of drug-likeness (QED) is 0.537. The molecular formula is C19H15FN4S. The van der Waals surface area contributed by atoms with Gasteiger partial charge in [0.2, 0.25) is 4.80 Å². The fourth-order valence-corrected chi connectivity index (χ4v) is 3.51. The predicted molar refractivity (Wildman–Crippen MR) is 100 cm³/mol. The Labute approximate surface area is 147 Å². The first-order valence-electron chi connectivity index (χ1n) is 7.76. The number of fused-ring (bicyclic) bond motifs is 1. The van der Waals surface area contributed by atoms with Gasteiger partial charge in [-0.3, -0.25) is 4.99 Å². The molecule has 2 aromatic heterocycles. The zero-order valence-electron chi connectivity index (χ0n) is 13.5. The molecule has 1 N–H and O–H groups in total. The van der Waals surface area contributed by atoms with Crippen molar-refractivity contribution in [2.75, 3.05) is 7.05 Å². The highest BCUT2D eigenvalue weighted by Crippen LogP contribution is 2.21. The van der Waals surface area contributed by atoms with Crippen molar-refractivity contribution in [3.63, 3.8) is 0 Å². The van der Waals surface area contributed by atoms with Crippen LogP contribution in [0.5, 0.6) is 0 Å². The van der Waals surface area contributed by atoms with Gasteiger partial charge in [-0.25, -0.2) is 9.07 Å². The maximum Gasteiger partial charge on any atom is 0.205 e. The van der Waals surface area contributed by atoms with Gasteiger partial charge in [-0.1, -0.05) is 18.2 Å². The summed E-state index contributed by atoms with van der Waals surface area (Å²) in [7, 11) is 1.73. The van der Waals surface area contributed by atoms with Gasteiger partial charge >= 0.3 is 0 Å². The van der Waals surface area contributed by atoms with Crippen LogP contribution in [0.25, 0.3) is 22.2 Å². The molecular weight excluding hydrogens is 335 g/mol. The molecule has 0 radical (unpaired) electrons. The minimum absolute atomic E-state index is 0.256. The summed E-state index contributed by atoms with van der Waals surface area (Å²) >= 11 is 1.50. The Bertz CT molecular complexity index is 1120. The highest BCUT2D eigenvalue weighted by molar-refractivity contribution is 7.07. The van der Waals surface area contributed by atoms with Crippen molar-refractivity contribution in [3.05, 3.63) is 76.3 Å². The number of para-hydroxylation sites is 1. The Kier molecular flexibility index (Phi) is 4.03. The topological polar surface area (TPSA) is 45.4 Å². The third kappa shape index (κ3) is 2.92. The summed E-state index contributed by atoms with van der Waals surface area (Å²) in [5.74, 6) is -0.256. The normalized spacial score (nSPS) is 12.5.